The summed E-state index contributed by atoms with van der Waals surface area (Å²) in [6.45, 7) is 3.83. The van der Waals surface area contributed by atoms with Crippen molar-refractivity contribution in [3.8, 4) is 5.75 Å². The number of methoxy groups -OCH3 is 1. The number of halogens is 1. The fourth-order valence-corrected chi connectivity index (χ4v) is 4.62. The monoisotopic (exact) mass is 523 g/mol. The molecule has 2 N–H and O–H groups in total. The normalized spacial score (nSPS) is 20.8. The van der Waals surface area contributed by atoms with E-state index in [2.05, 4.69) is 15.6 Å². The van der Waals surface area contributed by atoms with E-state index in [0.717, 1.165) is 48.7 Å². The number of nitrogens with zero attached hydrogens (tertiary/aromatic N) is 1. The first-order valence-corrected chi connectivity index (χ1v) is 11.1. The van der Waals surface area contributed by atoms with Gasteiger partial charge in [0.25, 0.3) is 0 Å². The molecule has 0 radical (unpaired) electrons. The lowest BCUT2D eigenvalue weighted by atomic mass is 9.95. The third kappa shape index (κ3) is 8.65. The summed E-state index contributed by atoms with van der Waals surface area (Å²) in [5.41, 5.74) is 1.16. The van der Waals surface area contributed by atoms with Crippen molar-refractivity contribution in [2.75, 3.05) is 33.1 Å². The van der Waals surface area contributed by atoms with Crippen molar-refractivity contribution in [2.45, 2.75) is 50.4 Å². The number of nitrogens with one attached hydrogen (secondary N) is 2. The number of rotatable bonds is 9. The summed E-state index contributed by atoms with van der Waals surface area (Å²) in [6, 6.07) is 8.36. The number of benzene rings is 1. The third-order valence-corrected chi connectivity index (χ3v) is 6.53. The predicted molar refractivity (Wildman–Crippen MR) is 127 cm³/mol. The van der Waals surface area contributed by atoms with Crippen LogP contribution in [0.4, 0.5) is 0 Å². The first-order valence-electron chi connectivity index (χ1n) is 9.71. The Hall–Kier alpha value is -0.870. The molecule has 1 aromatic rings. The molecule has 0 aliphatic heterocycles. The van der Waals surface area contributed by atoms with Crippen LogP contribution in [0.2, 0.25) is 0 Å². The zero-order valence-corrected chi connectivity index (χ0v) is 20.3. The molecule has 0 spiro atoms. The molecule has 160 valence electrons. The van der Waals surface area contributed by atoms with Gasteiger partial charge in [0.2, 0.25) is 0 Å². The third-order valence-electron chi connectivity index (χ3n) is 4.79. The van der Waals surface area contributed by atoms with Crippen molar-refractivity contribution in [3.05, 3.63) is 29.8 Å². The minimum atomic E-state index is -0.710. The maximum atomic E-state index is 12.1. The highest BCUT2D eigenvalue weighted by Crippen LogP contribution is 2.23. The summed E-state index contributed by atoms with van der Waals surface area (Å²) in [7, 11) is 2.74. The summed E-state index contributed by atoms with van der Waals surface area (Å²) in [6.07, 6.45) is 4.25. The van der Waals surface area contributed by atoms with Gasteiger partial charge in [-0.05, 0) is 37.0 Å². The van der Waals surface area contributed by atoms with Crippen LogP contribution >= 0.6 is 24.0 Å². The molecule has 28 heavy (non-hydrogen) atoms. The fraction of sp³-hybridized carbons (Fsp3) is 0.650. The van der Waals surface area contributed by atoms with Crippen LogP contribution in [-0.4, -0.2) is 54.6 Å². The minimum absolute atomic E-state index is 0. The molecule has 0 amide bonds. The summed E-state index contributed by atoms with van der Waals surface area (Å²) in [5, 5.41) is 7.17. The van der Waals surface area contributed by atoms with Gasteiger partial charge in [-0.3, -0.25) is 9.20 Å². The topological polar surface area (TPSA) is 72.0 Å². The second-order valence-electron chi connectivity index (χ2n) is 6.71. The van der Waals surface area contributed by atoms with E-state index in [9.17, 15) is 4.21 Å². The Morgan fingerprint density at radius 1 is 1.25 bits per heavy atom. The largest absolute Gasteiger partial charge is 0.491 e. The maximum absolute atomic E-state index is 12.1. The van der Waals surface area contributed by atoms with Gasteiger partial charge in [0.15, 0.2) is 5.96 Å². The van der Waals surface area contributed by atoms with Crippen molar-refractivity contribution in [3.63, 3.8) is 0 Å². The molecule has 3 unspecified atom stereocenters. The van der Waals surface area contributed by atoms with Crippen molar-refractivity contribution < 1.29 is 13.7 Å². The SMILES string of the molecule is CCS(=O)C1CCCC(NC(=NC)NCc2ccc(OCCOC)cc2)C1.I. The quantitative estimate of drug-likeness (QED) is 0.225. The molecule has 0 heterocycles. The zero-order valence-electron chi connectivity index (χ0n) is 17.1. The number of ether oxygens (including phenoxy) is 2. The van der Waals surface area contributed by atoms with Crippen molar-refractivity contribution in [1.29, 1.82) is 0 Å². The molecule has 3 atom stereocenters. The smallest absolute Gasteiger partial charge is 0.191 e. The van der Waals surface area contributed by atoms with E-state index in [1.807, 2.05) is 31.2 Å². The van der Waals surface area contributed by atoms with Crippen LogP contribution in [-0.2, 0) is 22.1 Å². The lowest BCUT2D eigenvalue weighted by Crippen LogP contribution is -2.46. The standard InChI is InChI=1S/C20H33N3O3S.HI/c1-4-27(24)19-7-5-6-17(14-19)23-20(21-2)22-15-16-8-10-18(11-9-16)26-13-12-25-3;/h8-11,17,19H,4-7,12-15H2,1-3H3,(H2,21,22,23);1H. The molecule has 8 heteroatoms. The van der Waals surface area contributed by atoms with Gasteiger partial charge >= 0.3 is 0 Å². The molecule has 0 bridgehead atoms. The first kappa shape index (κ1) is 25.2. The lowest BCUT2D eigenvalue weighted by molar-refractivity contribution is 0.146. The maximum Gasteiger partial charge on any atom is 0.191 e. The molecular formula is C20H34IN3O3S. The second-order valence-corrected chi connectivity index (χ2v) is 8.72. The Morgan fingerprint density at radius 3 is 2.64 bits per heavy atom. The van der Waals surface area contributed by atoms with Crippen LogP contribution in [0.1, 0.15) is 38.2 Å². The Balaban J connectivity index is 0.00000392. The number of hydrogen-bond acceptors (Lipinski definition) is 4. The van der Waals surface area contributed by atoms with E-state index in [4.69, 9.17) is 9.47 Å². The summed E-state index contributed by atoms with van der Waals surface area (Å²) < 4.78 is 22.7. The van der Waals surface area contributed by atoms with Gasteiger partial charge in [-0.1, -0.05) is 25.5 Å². The van der Waals surface area contributed by atoms with Gasteiger partial charge < -0.3 is 20.1 Å². The fourth-order valence-electron chi connectivity index (χ4n) is 3.27. The van der Waals surface area contributed by atoms with Crippen LogP contribution in [0.25, 0.3) is 0 Å². The molecule has 0 saturated heterocycles. The van der Waals surface area contributed by atoms with E-state index in [1.165, 1.54) is 0 Å². The summed E-state index contributed by atoms with van der Waals surface area (Å²) in [4.78, 5) is 4.33. The van der Waals surface area contributed by atoms with Crippen LogP contribution in [0.3, 0.4) is 0 Å². The van der Waals surface area contributed by atoms with E-state index in [1.54, 1.807) is 14.2 Å². The number of aliphatic imine (C=N–C) groups is 1. The van der Waals surface area contributed by atoms with Crippen LogP contribution in [0.15, 0.2) is 29.3 Å². The van der Waals surface area contributed by atoms with Crippen LogP contribution in [0.5, 0.6) is 5.75 Å². The van der Waals surface area contributed by atoms with Crippen molar-refractivity contribution in [1.82, 2.24) is 10.6 Å². The Bertz CT molecular complexity index is 613. The summed E-state index contributed by atoms with van der Waals surface area (Å²) in [5.74, 6) is 2.38. The molecule has 1 aromatic carbocycles. The van der Waals surface area contributed by atoms with Gasteiger partial charge in [-0.25, -0.2) is 0 Å². The van der Waals surface area contributed by atoms with E-state index < -0.39 is 10.8 Å². The Labute approximate surface area is 188 Å². The molecule has 1 saturated carbocycles. The Kier molecular flexibility index (Phi) is 12.7. The number of guanidine groups is 1. The highest BCUT2D eigenvalue weighted by molar-refractivity contribution is 14.0. The molecule has 2 rings (SSSR count). The van der Waals surface area contributed by atoms with Crippen LogP contribution < -0.4 is 15.4 Å². The van der Waals surface area contributed by atoms with Crippen molar-refractivity contribution in [2.24, 2.45) is 4.99 Å². The van der Waals surface area contributed by atoms with E-state index >= 15 is 0 Å². The van der Waals surface area contributed by atoms with Gasteiger partial charge in [-0.2, -0.15) is 0 Å². The molecular weight excluding hydrogens is 489 g/mol. The molecule has 0 aromatic heterocycles. The first-order chi connectivity index (χ1) is 13.2. The average molecular weight is 523 g/mol. The van der Waals surface area contributed by atoms with E-state index in [0.29, 0.717) is 31.1 Å². The lowest BCUT2D eigenvalue weighted by Gasteiger charge is -2.30. The van der Waals surface area contributed by atoms with Gasteiger partial charge in [-0.15, -0.1) is 24.0 Å². The molecule has 1 fully saturated rings. The van der Waals surface area contributed by atoms with Gasteiger partial charge in [0.1, 0.15) is 12.4 Å². The van der Waals surface area contributed by atoms with Crippen LogP contribution in [0, 0.1) is 0 Å². The minimum Gasteiger partial charge on any atom is -0.491 e. The molecule has 1 aliphatic carbocycles. The number of hydrogen-bond donors (Lipinski definition) is 2. The highest BCUT2D eigenvalue weighted by atomic mass is 127. The molecule has 6 nitrogen and oxygen atoms in total. The Morgan fingerprint density at radius 2 is 2.00 bits per heavy atom. The highest BCUT2D eigenvalue weighted by Gasteiger charge is 2.25. The predicted octanol–water partition coefficient (Wildman–Crippen LogP) is 3.07. The van der Waals surface area contributed by atoms with Gasteiger partial charge in [0.05, 0.1) is 6.61 Å². The summed E-state index contributed by atoms with van der Waals surface area (Å²) >= 11 is 0. The molecule has 1 aliphatic rings. The van der Waals surface area contributed by atoms with E-state index in [-0.39, 0.29) is 24.0 Å². The average Bonchev–Trinajstić information content (AvgIpc) is 2.71. The zero-order chi connectivity index (χ0) is 19.5. The van der Waals surface area contributed by atoms with Crippen molar-refractivity contribution >= 4 is 40.7 Å². The second kappa shape index (κ2) is 14.2. The van der Waals surface area contributed by atoms with Gasteiger partial charge in [0, 0.05) is 48.5 Å².